The SMILES string of the molecule is CC[C@H](C)[C@H](NC(=O)[C@H](CC(C)C)NC(=O)[C@H](CCN)NC(=O)[C@@H]1CSSC[C@H](NC(C)=O)C(=O)N2CCC[C@H]2C(=O)N2CCC[C@H]2C(=O)N[C@@H](Cc2ccc(O)cc2)C(=O)N[C@@H](CC(C)C)C(=O)N2CCC[C@H]2C(=O)N[C@H](CCN)C(=O)N[C@@H](Cc2ccc(O)cc2)C(=O)N[C@@H](CC(C)C)C(=O)N1)C(N)=O. The Labute approximate surface area is 633 Å². The van der Waals surface area contributed by atoms with E-state index in [1.807, 2.05) is 34.6 Å². The summed E-state index contributed by atoms with van der Waals surface area (Å²) in [5.74, 6) is -12.3. The van der Waals surface area contributed by atoms with E-state index >= 15 is 9.59 Å². The number of primary amides is 1. The molecule has 6 rings (SSSR count). The second-order valence-corrected chi connectivity index (χ2v) is 32.0. The van der Waals surface area contributed by atoms with Gasteiger partial charge in [0.25, 0.3) is 0 Å². The largest absolute Gasteiger partial charge is 0.508 e. The molecule has 0 radical (unpaired) electrons. The molecular formula is C73H112N16O16S2. The smallest absolute Gasteiger partial charge is 0.246 e. The van der Waals surface area contributed by atoms with E-state index in [-0.39, 0.29) is 144 Å². The minimum Gasteiger partial charge on any atom is -0.508 e. The van der Waals surface area contributed by atoms with E-state index in [9.17, 15) is 67.7 Å². The third-order valence-electron chi connectivity index (χ3n) is 19.4. The highest BCUT2D eigenvalue weighted by Crippen LogP contribution is 2.30. The summed E-state index contributed by atoms with van der Waals surface area (Å²) in [5.41, 5.74) is 18.8. The molecule has 0 saturated carbocycles. The number of fused-ring (bicyclic) bond motifs is 3. The second kappa shape index (κ2) is 42.1. The van der Waals surface area contributed by atoms with Gasteiger partial charge in [0.1, 0.15) is 90.0 Å². The molecule has 0 unspecified atom stereocenters. The molecule has 2 aromatic carbocycles. The molecule has 0 spiro atoms. The van der Waals surface area contributed by atoms with Crippen LogP contribution in [0.3, 0.4) is 0 Å². The van der Waals surface area contributed by atoms with E-state index in [1.54, 1.807) is 32.9 Å². The number of nitrogens with one attached hydrogen (secondary N) is 10. The number of phenolic OH excluding ortho intramolecular Hbond substituents is 2. The number of benzene rings is 2. The minimum atomic E-state index is -1.57. The molecule has 0 aromatic heterocycles. The van der Waals surface area contributed by atoms with Crippen LogP contribution in [0.1, 0.15) is 150 Å². The summed E-state index contributed by atoms with van der Waals surface area (Å²) < 4.78 is 0. The lowest BCUT2D eigenvalue weighted by atomic mass is 9.97. The Bertz CT molecular complexity index is 3440. The van der Waals surface area contributed by atoms with Crippen molar-refractivity contribution in [3.63, 3.8) is 0 Å². The minimum absolute atomic E-state index is 0.0600. The first kappa shape index (κ1) is 87.2. The number of hydrogen-bond acceptors (Lipinski definition) is 20. The van der Waals surface area contributed by atoms with Crippen molar-refractivity contribution in [3.05, 3.63) is 59.7 Å². The average Bonchev–Trinajstić information content (AvgIpc) is 1.72. The van der Waals surface area contributed by atoms with Gasteiger partial charge >= 0.3 is 0 Å². The van der Waals surface area contributed by atoms with Crippen LogP contribution in [0.4, 0.5) is 0 Å². The molecule has 4 saturated heterocycles. The summed E-state index contributed by atoms with van der Waals surface area (Å²) in [6.07, 6.45) is 1.46. The lowest BCUT2D eigenvalue weighted by Gasteiger charge is -2.33. The summed E-state index contributed by atoms with van der Waals surface area (Å²) in [5, 5.41) is 47.9. The third-order valence-corrected chi connectivity index (χ3v) is 21.8. The molecule has 4 heterocycles. The van der Waals surface area contributed by atoms with Crippen molar-refractivity contribution in [3.8, 4) is 11.5 Å². The van der Waals surface area contributed by atoms with Crippen LogP contribution < -0.4 is 70.4 Å². The molecule has 32 nitrogen and oxygen atoms in total. The average molecular weight is 1530 g/mol. The van der Waals surface area contributed by atoms with Gasteiger partial charge in [-0.3, -0.25) is 67.1 Å². The lowest BCUT2D eigenvalue weighted by Crippen LogP contribution is -2.61. The first-order valence-electron chi connectivity index (χ1n) is 37.2. The molecule has 0 bridgehead atoms. The van der Waals surface area contributed by atoms with Crippen LogP contribution >= 0.6 is 21.6 Å². The highest BCUT2D eigenvalue weighted by atomic mass is 33.1. The van der Waals surface area contributed by atoms with E-state index in [0.717, 1.165) is 21.6 Å². The normalized spacial score (nSPS) is 24.9. The van der Waals surface area contributed by atoms with Gasteiger partial charge < -0.3 is 95.3 Å². The highest BCUT2D eigenvalue weighted by Gasteiger charge is 2.46. The Morgan fingerprint density at radius 2 is 0.972 bits per heavy atom. The Hall–Kier alpha value is -8.76. The standard InChI is InChI=1S/C73H112N16O16S2/c1-10-42(8)60(61(76)93)86-67(99)51(33-40(4)5)80-62(94)48(25-27-74)78-68(100)55-37-106-107-38-56(77-43(9)90)72(104)89-31-13-16-59(89)73(105)88-30-12-15-58(88)70(102)83-53(36-45-19-23-47(92)24-20-45)66(98)84-54(34-41(6)7)71(103)87-29-11-14-57(87)69(101)79-49(26-28-75)63(95)82-52(35-44-17-21-46(91)22-18-44)65(97)81-50(32-39(2)3)64(96)85-55/h17-24,39-42,48-60,91-92H,10-16,25-38,74-75H2,1-9H3,(H2,76,93)(H,77,90)(H,78,100)(H,79,101)(H,80,94)(H,81,97)(H,82,95)(H,83,102)(H,84,98)(H,85,96)(H,86,99)/t42-,48-,49+,50-,51-,52-,53-,54-,55-,56-,57-,58-,59-,60-/m0/s1. The summed E-state index contributed by atoms with van der Waals surface area (Å²) >= 11 is 0. The maximum absolute atomic E-state index is 15.1. The fourth-order valence-corrected chi connectivity index (χ4v) is 15.9. The molecule has 4 aliphatic rings. The summed E-state index contributed by atoms with van der Waals surface area (Å²) in [6.45, 7) is 15.5. The highest BCUT2D eigenvalue weighted by molar-refractivity contribution is 8.76. The molecule has 18 N–H and O–H groups in total. The molecule has 4 fully saturated rings. The van der Waals surface area contributed by atoms with E-state index in [1.165, 1.54) is 58.0 Å². The fourth-order valence-electron chi connectivity index (χ4n) is 13.6. The second-order valence-electron chi connectivity index (χ2n) is 29.4. The van der Waals surface area contributed by atoms with E-state index in [0.29, 0.717) is 36.8 Å². The zero-order valence-electron chi connectivity index (χ0n) is 62.8. The Balaban J connectivity index is 1.42. The molecule has 34 heteroatoms. The van der Waals surface area contributed by atoms with Crippen molar-refractivity contribution >= 4 is 104 Å². The zero-order valence-corrected chi connectivity index (χ0v) is 64.4. The Morgan fingerprint density at radius 3 is 1.47 bits per heavy atom. The molecule has 592 valence electrons. The Kier molecular flexibility index (Phi) is 34.3. The van der Waals surface area contributed by atoms with Gasteiger partial charge in [-0.25, -0.2) is 0 Å². The van der Waals surface area contributed by atoms with Gasteiger partial charge in [-0.1, -0.05) is 108 Å². The van der Waals surface area contributed by atoms with Crippen LogP contribution in [0.15, 0.2) is 48.5 Å². The van der Waals surface area contributed by atoms with Gasteiger partial charge in [0.15, 0.2) is 0 Å². The number of hydrogen-bond donors (Lipinski definition) is 15. The van der Waals surface area contributed by atoms with E-state index < -0.39 is 161 Å². The Morgan fingerprint density at radius 1 is 0.523 bits per heavy atom. The first-order valence-corrected chi connectivity index (χ1v) is 39.6. The van der Waals surface area contributed by atoms with Gasteiger partial charge in [0.05, 0.1) is 0 Å². The molecular weight excluding hydrogens is 1420 g/mol. The summed E-state index contributed by atoms with van der Waals surface area (Å²) in [6, 6.07) is -5.32. The van der Waals surface area contributed by atoms with Crippen LogP contribution in [0, 0.1) is 23.7 Å². The van der Waals surface area contributed by atoms with Gasteiger partial charge in [0.2, 0.25) is 82.7 Å². The van der Waals surface area contributed by atoms with Crippen LogP contribution in [0.5, 0.6) is 11.5 Å². The number of rotatable bonds is 24. The number of carbonyl (C=O) groups is 14. The number of nitrogens with two attached hydrogens (primary N) is 3. The molecule has 2 aromatic rings. The number of aromatic hydroxyl groups is 2. The molecule has 0 aliphatic carbocycles. The number of phenols is 2. The van der Waals surface area contributed by atoms with Crippen molar-refractivity contribution < 1.29 is 77.3 Å². The van der Waals surface area contributed by atoms with Crippen molar-refractivity contribution in [1.29, 1.82) is 0 Å². The van der Waals surface area contributed by atoms with Crippen molar-refractivity contribution in [1.82, 2.24) is 67.9 Å². The zero-order chi connectivity index (χ0) is 78.9. The van der Waals surface area contributed by atoms with Gasteiger partial charge in [-0.2, -0.15) is 0 Å². The number of nitrogens with zero attached hydrogens (tertiary/aromatic N) is 3. The van der Waals surface area contributed by atoms with E-state index in [4.69, 9.17) is 17.2 Å². The summed E-state index contributed by atoms with van der Waals surface area (Å²) in [4.78, 5) is 207. The fraction of sp³-hybridized carbons (Fsp3) is 0.644. The third kappa shape index (κ3) is 26.0. The van der Waals surface area contributed by atoms with E-state index in [2.05, 4.69) is 53.2 Å². The quantitative estimate of drug-likeness (QED) is 0.0588. The van der Waals surface area contributed by atoms with Crippen LogP contribution in [-0.2, 0) is 80.0 Å². The maximum Gasteiger partial charge on any atom is 0.246 e. The first-order chi connectivity index (χ1) is 50.7. The topological polar surface area (TPSA) is 488 Å². The monoisotopic (exact) mass is 1530 g/mol. The van der Waals surface area contributed by atoms with Crippen LogP contribution in [0.2, 0.25) is 0 Å². The van der Waals surface area contributed by atoms with Crippen molar-refractivity contribution in [2.75, 3.05) is 44.2 Å². The van der Waals surface area contributed by atoms with Crippen molar-refractivity contribution in [2.24, 2.45) is 40.9 Å². The van der Waals surface area contributed by atoms with Crippen LogP contribution in [0.25, 0.3) is 0 Å². The van der Waals surface area contributed by atoms with Gasteiger partial charge in [-0.15, -0.1) is 0 Å². The molecule has 4 aliphatic heterocycles. The molecule has 14 atom stereocenters. The maximum atomic E-state index is 15.1. The lowest BCUT2D eigenvalue weighted by molar-refractivity contribution is -0.147. The number of carbonyl (C=O) groups excluding carboxylic acids is 14. The molecule has 14 amide bonds. The van der Waals surface area contributed by atoms with Gasteiger partial charge in [-0.05, 0) is 143 Å². The van der Waals surface area contributed by atoms with Crippen molar-refractivity contribution in [2.45, 2.75) is 231 Å². The number of amides is 14. The predicted molar refractivity (Wildman–Crippen MR) is 402 cm³/mol. The van der Waals surface area contributed by atoms with Crippen LogP contribution in [-0.4, -0.2) is 230 Å². The predicted octanol–water partition coefficient (Wildman–Crippen LogP) is -0.514. The summed E-state index contributed by atoms with van der Waals surface area (Å²) in [7, 11) is 1.99. The van der Waals surface area contributed by atoms with Gasteiger partial charge in [0, 0.05) is 50.9 Å². The molecule has 107 heavy (non-hydrogen) atoms.